The Morgan fingerprint density at radius 3 is 2.41 bits per heavy atom. The molecular formula is C20H27F3N2O2. The highest BCUT2D eigenvalue weighted by Crippen LogP contribution is 2.30. The lowest BCUT2D eigenvalue weighted by molar-refractivity contribution is -0.137. The van der Waals surface area contributed by atoms with Gasteiger partial charge in [0.05, 0.1) is 5.56 Å². The first-order valence-corrected chi connectivity index (χ1v) is 9.45. The number of hydrogen-bond acceptors (Lipinski definition) is 2. The van der Waals surface area contributed by atoms with Crippen molar-refractivity contribution in [3.05, 3.63) is 29.8 Å². The van der Waals surface area contributed by atoms with E-state index in [1.165, 1.54) is 12.1 Å². The van der Waals surface area contributed by atoms with Crippen LogP contribution in [0.3, 0.4) is 0 Å². The summed E-state index contributed by atoms with van der Waals surface area (Å²) in [5.74, 6) is -0.574. The average molecular weight is 384 g/mol. The lowest BCUT2D eigenvalue weighted by Gasteiger charge is -2.25. The molecule has 1 aliphatic carbocycles. The minimum Gasteiger partial charge on any atom is -0.344 e. The van der Waals surface area contributed by atoms with Crippen LogP contribution in [0.2, 0.25) is 0 Å². The first-order chi connectivity index (χ1) is 12.7. The van der Waals surface area contributed by atoms with E-state index in [4.69, 9.17) is 0 Å². The average Bonchev–Trinajstić information content (AvgIpc) is 2.61. The second-order valence-electron chi connectivity index (χ2n) is 7.59. The van der Waals surface area contributed by atoms with Gasteiger partial charge in [0.2, 0.25) is 11.8 Å². The number of alkyl halides is 3. The standard InChI is InChI=1S/C20H27F3N2O2/c1-13(2)11-17(25-18(26)14-7-4-3-5-8-14)19(27)24-16-10-6-9-15(12-16)20(21,22)23/h6,9-10,12-14,17H,3-5,7-8,11H2,1-2H3,(H,24,27)(H,25,26)/t17-/m1/s1. The molecular weight excluding hydrogens is 357 g/mol. The summed E-state index contributed by atoms with van der Waals surface area (Å²) in [7, 11) is 0. The second-order valence-corrected chi connectivity index (χ2v) is 7.59. The smallest absolute Gasteiger partial charge is 0.344 e. The summed E-state index contributed by atoms with van der Waals surface area (Å²) in [6.07, 6.45) is 0.698. The number of hydrogen-bond donors (Lipinski definition) is 2. The van der Waals surface area contributed by atoms with Gasteiger partial charge in [-0.15, -0.1) is 0 Å². The van der Waals surface area contributed by atoms with Crippen LogP contribution in [0, 0.1) is 11.8 Å². The number of carbonyl (C=O) groups excluding carboxylic acids is 2. The lowest BCUT2D eigenvalue weighted by Crippen LogP contribution is -2.47. The molecule has 0 heterocycles. The minimum atomic E-state index is -4.48. The van der Waals surface area contributed by atoms with Crippen LogP contribution in [0.1, 0.15) is 57.9 Å². The fraction of sp³-hybridized carbons (Fsp3) is 0.600. The van der Waals surface area contributed by atoms with E-state index in [9.17, 15) is 22.8 Å². The predicted octanol–water partition coefficient (Wildman–Crippen LogP) is 4.76. The van der Waals surface area contributed by atoms with Crippen molar-refractivity contribution in [2.75, 3.05) is 5.32 Å². The maximum atomic E-state index is 12.8. The summed E-state index contributed by atoms with van der Waals surface area (Å²) in [6, 6.07) is 3.73. The third kappa shape index (κ3) is 6.56. The van der Waals surface area contributed by atoms with Crippen molar-refractivity contribution in [1.82, 2.24) is 5.32 Å². The Labute approximate surface area is 157 Å². The van der Waals surface area contributed by atoms with Gasteiger partial charge in [-0.2, -0.15) is 13.2 Å². The molecule has 1 fully saturated rings. The summed E-state index contributed by atoms with van der Waals surface area (Å²) < 4.78 is 38.5. The molecule has 0 radical (unpaired) electrons. The zero-order valence-electron chi connectivity index (χ0n) is 15.7. The Hall–Kier alpha value is -2.05. The molecule has 1 aromatic carbocycles. The molecule has 0 unspecified atom stereocenters. The van der Waals surface area contributed by atoms with Crippen molar-refractivity contribution in [2.24, 2.45) is 11.8 Å². The summed E-state index contributed by atoms with van der Waals surface area (Å²) in [5, 5.41) is 5.32. The van der Waals surface area contributed by atoms with Gasteiger partial charge in [0.15, 0.2) is 0 Å². The molecule has 1 atom stereocenters. The topological polar surface area (TPSA) is 58.2 Å². The van der Waals surface area contributed by atoms with Gasteiger partial charge >= 0.3 is 6.18 Å². The van der Waals surface area contributed by atoms with Crippen LogP contribution < -0.4 is 10.6 Å². The largest absolute Gasteiger partial charge is 0.416 e. The van der Waals surface area contributed by atoms with E-state index in [1.807, 2.05) is 13.8 Å². The molecule has 0 saturated heterocycles. The van der Waals surface area contributed by atoms with E-state index < -0.39 is 23.7 Å². The SMILES string of the molecule is CC(C)C[C@@H](NC(=O)C1CCCCC1)C(=O)Nc1cccc(C(F)(F)F)c1. The van der Waals surface area contributed by atoms with Crippen molar-refractivity contribution in [2.45, 2.75) is 64.6 Å². The van der Waals surface area contributed by atoms with Crippen molar-refractivity contribution in [1.29, 1.82) is 0 Å². The maximum Gasteiger partial charge on any atom is 0.416 e. The molecule has 0 spiro atoms. The molecule has 7 heteroatoms. The summed E-state index contributed by atoms with van der Waals surface area (Å²) >= 11 is 0. The monoisotopic (exact) mass is 384 g/mol. The predicted molar refractivity (Wildman–Crippen MR) is 98.0 cm³/mol. The van der Waals surface area contributed by atoms with E-state index in [0.29, 0.717) is 6.42 Å². The van der Waals surface area contributed by atoms with Crippen LogP contribution >= 0.6 is 0 Å². The molecule has 0 aliphatic heterocycles. The molecule has 0 aromatic heterocycles. The molecule has 4 nitrogen and oxygen atoms in total. The summed E-state index contributed by atoms with van der Waals surface area (Å²) in [6.45, 7) is 3.86. The number of anilines is 1. The van der Waals surface area contributed by atoms with E-state index in [1.54, 1.807) is 0 Å². The third-order valence-electron chi connectivity index (χ3n) is 4.77. The Balaban J connectivity index is 2.06. The first-order valence-electron chi connectivity index (χ1n) is 9.45. The second kappa shape index (κ2) is 9.24. The molecule has 1 saturated carbocycles. The Morgan fingerprint density at radius 1 is 1.15 bits per heavy atom. The number of amides is 2. The quantitative estimate of drug-likeness (QED) is 0.743. The van der Waals surface area contributed by atoms with Crippen molar-refractivity contribution in [3.63, 3.8) is 0 Å². The highest BCUT2D eigenvalue weighted by Gasteiger charge is 2.31. The molecule has 27 heavy (non-hydrogen) atoms. The van der Waals surface area contributed by atoms with Gasteiger partial charge in [0, 0.05) is 11.6 Å². The molecule has 2 N–H and O–H groups in total. The molecule has 2 rings (SSSR count). The molecule has 150 valence electrons. The Bertz CT molecular complexity index is 653. The van der Waals surface area contributed by atoms with Gasteiger partial charge in [0.1, 0.15) is 6.04 Å². The van der Waals surface area contributed by atoms with Gasteiger partial charge in [-0.25, -0.2) is 0 Å². The fourth-order valence-corrected chi connectivity index (χ4v) is 3.36. The number of benzene rings is 1. The number of carbonyl (C=O) groups is 2. The number of nitrogens with one attached hydrogen (secondary N) is 2. The van der Waals surface area contributed by atoms with E-state index in [-0.39, 0.29) is 23.4 Å². The normalized spacial score (nSPS) is 16.8. The summed E-state index contributed by atoms with van der Waals surface area (Å²) in [4.78, 5) is 25.1. The van der Waals surface area contributed by atoms with E-state index >= 15 is 0 Å². The van der Waals surface area contributed by atoms with Crippen molar-refractivity contribution < 1.29 is 22.8 Å². The fourth-order valence-electron chi connectivity index (χ4n) is 3.36. The lowest BCUT2D eigenvalue weighted by atomic mass is 9.88. The molecule has 1 aromatic rings. The van der Waals surface area contributed by atoms with E-state index in [2.05, 4.69) is 10.6 Å². The van der Waals surface area contributed by atoms with Gasteiger partial charge in [-0.3, -0.25) is 9.59 Å². The zero-order chi connectivity index (χ0) is 20.0. The van der Waals surface area contributed by atoms with Gasteiger partial charge in [-0.1, -0.05) is 39.2 Å². The van der Waals surface area contributed by atoms with Crippen LogP contribution in [-0.4, -0.2) is 17.9 Å². The highest BCUT2D eigenvalue weighted by molar-refractivity contribution is 5.97. The Kier molecular flexibility index (Phi) is 7.27. The van der Waals surface area contributed by atoms with Crippen LogP contribution in [0.4, 0.5) is 18.9 Å². The van der Waals surface area contributed by atoms with Gasteiger partial charge in [0.25, 0.3) is 0 Å². The number of halogens is 3. The van der Waals surface area contributed by atoms with E-state index in [0.717, 1.165) is 44.2 Å². The van der Waals surface area contributed by atoms with Crippen molar-refractivity contribution in [3.8, 4) is 0 Å². The minimum absolute atomic E-state index is 0.0653. The zero-order valence-corrected chi connectivity index (χ0v) is 15.7. The molecule has 1 aliphatic rings. The molecule has 0 bridgehead atoms. The van der Waals surface area contributed by atoms with Crippen LogP contribution in [-0.2, 0) is 15.8 Å². The summed E-state index contributed by atoms with van der Waals surface area (Å²) in [5.41, 5.74) is -0.762. The number of rotatable bonds is 6. The molecule has 2 amide bonds. The van der Waals surface area contributed by atoms with Crippen LogP contribution in [0.25, 0.3) is 0 Å². The van der Waals surface area contributed by atoms with Crippen LogP contribution in [0.5, 0.6) is 0 Å². The van der Waals surface area contributed by atoms with Gasteiger partial charge in [-0.05, 0) is 43.4 Å². The maximum absolute atomic E-state index is 12.8. The highest BCUT2D eigenvalue weighted by atomic mass is 19.4. The first kappa shape index (κ1) is 21.3. The van der Waals surface area contributed by atoms with Crippen molar-refractivity contribution >= 4 is 17.5 Å². The third-order valence-corrected chi connectivity index (χ3v) is 4.77. The Morgan fingerprint density at radius 2 is 1.81 bits per heavy atom. The van der Waals surface area contributed by atoms with Gasteiger partial charge < -0.3 is 10.6 Å². The van der Waals surface area contributed by atoms with Crippen LogP contribution in [0.15, 0.2) is 24.3 Å².